The van der Waals surface area contributed by atoms with Crippen molar-refractivity contribution in [3.63, 3.8) is 0 Å². The molecule has 108 valence electrons. The average Bonchev–Trinajstić information content (AvgIpc) is 3.14. The van der Waals surface area contributed by atoms with Crippen LogP contribution in [0.25, 0.3) is 21.5 Å². The highest BCUT2D eigenvalue weighted by molar-refractivity contribution is 7.15. The number of ether oxygens (including phenoxy) is 1. The first kappa shape index (κ1) is 13.8. The minimum absolute atomic E-state index is 0.0898. The molecule has 1 amide bonds. The Hall–Kier alpha value is -2.18. The fraction of sp³-hybridized carbons (Fsp3) is 0.200. The third kappa shape index (κ3) is 2.96. The second-order valence-electron chi connectivity index (χ2n) is 4.57. The van der Waals surface area contributed by atoms with Crippen LogP contribution in [0.3, 0.4) is 0 Å². The van der Waals surface area contributed by atoms with Crippen LogP contribution in [0.4, 0.5) is 0 Å². The molecule has 0 spiro atoms. The summed E-state index contributed by atoms with van der Waals surface area (Å²) < 4.78 is 4.79. The van der Waals surface area contributed by atoms with Crippen LogP contribution in [0.5, 0.6) is 0 Å². The Bertz CT molecular complexity index is 763. The summed E-state index contributed by atoms with van der Waals surface area (Å²) in [5, 5.41) is 3.93. The lowest BCUT2D eigenvalue weighted by Crippen LogP contribution is -2.26. The van der Waals surface area contributed by atoms with Gasteiger partial charge in [0, 0.05) is 40.2 Å². The van der Waals surface area contributed by atoms with Gasteiger partial charge >= 0.3 is 0 Å². The van der Waals surface area contributed by atoms with Crippen LogP contribution in [0.2, 0.25) is 0 Å². The van der Waals surface area contributed by atoms with Crippen LogP contribution in [-0.4, -0.2) is 29.6 Å². The predicted octanol–water partition coefficient (Wildman–Crippen LogP) is 2.55. The Morgan fingerprint density at radius 3 is 3.14 bits per heavy atom. The maximum atomic E-state index is 11.4. The molecule has 3 aromatic heterocycles. The van der Waals surface area contributed by atoms with Gasteiger partial charge in [-0.1, -0.05) is 0 Å². The van der Waals surface area contributed by atoms with E-state index in [9.17, 15) is 4.79 Å². The van der Waals surface area contributed by atoms with Gasteiger partial charge in [-0.2, -0.15) is 0 Å². The van der Waals surface area contributed by atoms with Crippen molar-refractivity contribution in [1.82, 2.24) is 15.3 Å². The molecule has 0 aliphatic heterocycles. The summed E-state index contributed by atoms with van der Waals surface area (Å²) in [7, 11) is 1.51. The van der Waals surface area contributed by atoms with Gasteiger partial charge in [0.25, 0.3) is 0 Å². The highest BCUT2D eigenvalue weighted by Crippen LogP contribution is 2.32. The lowest BCUT2D eigenvalue weighted by molar-refractivity contribution is -0.124. The van der Waals surface area contributed by atoms with E-state index >= 15 is 0 Å². The van der Waals surface area contributed by atoms with E-state index < -0.39 is 0 Å². The number of H-pyrrole nitrogens is 1. The van der Waals surface area contributed by atoms with Crippen molar-refractivity contribution in [2.24, 2.45) is 0 Å². The number of pyridine rings is 1. The van der Waals surface area contributed by atoms with E-state index in [1.807, 2.05) is 24.4 Å². The molecule has 0 fully saturated rings. The van der Waals surface area contributed by atoms with Crippen molar-refractivity contribution in [3.05, 3.63) is 41.5 Å². The summed E-state index contributed by atoms with van der Waals surface area (Å²) >= 11 is 1.67. The monoisotopic (exact) mass is 301 g/mol. The Balaban J connectivity index is 1.79. The Morgan fingerprint density at radius 1 is 1.38 bits per heavy atom. The van der Waals surface area contributed by atoms with Gasteiger partial charge < -0.3 is 15.0 Å². The summed E-state index contributed by atoms with van der Waals surface area (Å²) in [5.41, 5.74) is 2.04. The zero-order valence-electron chi connectivity index (χ0n) is 11.6. The van der Waals surface area contributed by atoms with Crippen LogP contribution in [0.15, 0.2) is 36.7 Å². The van der Waals surface area contributed by atoms with E-state index in [4.69, 9.17) is 4.74 Å². The number of aromatic amines is 1. The standard InChI is InChI=1S/C15H15N3O2S/c1-20-9-14(19)18-8-10-2-3-13(21-10)11-4-6-16-15-12(11)5-7-17-15/h2-7H,8-9H2,1H3,(H,16,17)(H,18,19). The first-order chi connectivity index (χ1) is 10.3. The topological polar surface area (TPSA) is 67.0 Å². The molecular formula is C15H15N3O2S. The molecule has 0 radical (unpaired) electrons. The van der Waals surface area contributed by atoms with Crippen molar-refractivity contribution in [1.29, 1.82) is 0 Å². The molecule has 0 aliphatic carbocycles. The quantitative estimate of drug-likeness (QED) is 0.761. The summed E-state index contributed by atoms with van der Waals surface area (Å²) in [5.74, 6) is -0.107. The second-order valence-corrected chi connectivity index (χ2v) is 5.74. The summed E-state index contributed by atoms with van der Waals surface area (Å²) in [6.45, 7) is 0.612. The summed E-state index contributed by atoms with van der Waals surface area (Å²) in [6, 6.07) is 8.14. The normalized spacial score (nSPS) is 10.9. The van der Waals surface area contributed by atoms with Crippen LogP contribution in [0, 0.1) is 0 Å². The molecule has 0 unspecified atom stereocenters. The Kier molecular flexibility index (Phi) is 3.98. The van der Waals surface area contributed by atoms with E-state index in [2.05, 4.69) is 21.4 Å². The number of aromatic nitrogens is 2. The number of rotatable bonds is 5. The largest absolute Gasteiger partial charge is 0.375 e. The first-order valence-electron chi connectivity index (χ1n) is 6.55. The van der Waals surface area contributed by atoms with Gasteiger partial charge in [0.05, 0.1) is 6.54 Å². The van der Waals surface area contributed by atoms with Crippen molar-refractivity contribution < 1.29 is 9.53 Å². The number of nitrogens with one attached hydrogen (secondary N) is 2. The van der Waals surface area contributed by atoms with Gasteiger partial charge in [-0.25, -0.2) is 4.98 Å². The smallest absolute Gasteiger partial charge is 0.246 e. The number of carbonyl (C=O) groups is 1. The molecule has 6 heteroatoms. The van der Waals surface area contributed by atoms with E-state index in [1.54, 1.807) is 17.5 Å². The van der Waals surface area contributed by atoms with E-state index in [0.717, 1.165) is 26.4 Å². The lowest BCUT2D eigenvalue weighted by Gasteiger charge is -2.02. The second kappa shape index (κ2) is 6.07. The van der Waals surface area contributed by atoms with Crippen LogP contribution in [0.1, 0.15) is 4.88 Å². The number of carbonyl (C=O) groups excluding carboxylic acids is 1. The first-order valence-corrected chi connectivity index (χ1v) is 7.36. The maximum Gasteiger partial charge on any atom is 0.246 e. The minimum atomic E-state index is -0.107. The molecule has 0 atom stereocenters. The number of nitrogens with zero attached hydrogens (tertiary/aromatic N) is 1. The lowest BCUT2D eigenvalue weighted by atomic mass is 10.1. The molecule has 5 nitrogen and oxygen atoms in total. The number of fused-ring (bicyclic) bond motifs is 1. The number of methoxy groups -OCH3 is 1. The number of hydrogen-bond acceptors (Lipinski definition) is 4. The third-order valence-corrected chi connectivity index (χ3v) is 4.24. The fourth-order valence-corrected chi connectivity index (χ4v) is 3.15. The third-order valence-electron chi connectivity index (χ3n) is 3.12. The van der Waals surface area contributed by atoms with Gasteiger partial charge in [0.1, 0.15) is 12.3 Å². The van der Waals surface area contributed by atoms with Gasteiger partial charge in [-0.3, -0.25) is 4.79 Å². The van der Waals surface area contributed by atoms with Gasteiger partial charge in [0.2, 0.25) is 5.91 Å². The zero-order chi connectivity index (χ0) is 14.7. The minimum Gasteiger partial charge on any atom is -0.375 e. The molecule has 21 heavy (non-hydrogen) atoms. The molecular weight excluding hydrogens is 286 g/mol. The van der Waals surface area contributed by atoms with Gasteiger partial charge in [-0.05, 0) is 24.3 Å². The van der Waals surface area contributed by atoms with E-state index in [1.165, 1.54) is 7.11 Å². The van der Waals surface area contributed by atoms with Crippen molar-refractivity contribution in [2.75, 3.05) is 13.7 Å². The molecule has 3 aromatic rings. The highest BCUT2D eigenvalue weighted by Gasteiger charge is 2.09. The van der Waals surface area contributed by atoms with Gasteiger partial charge in [0.15, 0.2) is 0 Å². The molecule has 0 aromatic carbocycles. The summed E-state index contributed by atoms with van der Waals surface area (Å²) in [4.78, 5) is 21.1. The van der Waals surface area contributed by atoms with Crippen LogP contribution < -0.4 is 5.32 Å². The van der Waals surface area contributed by atoms with Gasteiger partial charge in [-0.15, -0.1) is 11.3 Å². The maximum absolute atomic E-state index is 11.4. The molecule has 0 aliphatic rings. The molecule has 0 saturated carbocycles. The molecule has 3 heterocycles. The zero-order valence-corrected chi connectivity index (χ0v) is 12.4. The van der Waals surface area contributed by atoms with Crippen molar-refractivity contribution in [3.8, 4) is 10.4 Å². The highest BCUT2D eigenvalue weighted by atomic mass is 32.1. The van der Waals surface area contributed by atoms with E-state index in [0.29, 0.717) is 6.54 Å². The SMILES string of the molecule is COCC(=O)NCc1ccc(-c2ccnc3[nH]ccc23)s1. The van der Waals surface area contributed by atoms with Crippen LogP contribution in [-0.2, 0) is 16.1 Å². The Morgan fingerprint density at radius 2 is 2.29 bits per heavy atom. The average molecular weight is 301 g/mol. The number of hydrogen-bond donors (Lipinski definition) is 2. The van der Waals surface area contributed by atoms with Crippen molar-refractivity contribution >= 4 is 28.3 Å². The summed E-state index contributed by atoms with van der Waals surface area (Å²) in [6.07, 6.45) is 3.69. The molecule has 3 rings (SSSR count). The molecule has 2 N–H and O–H groups in total. The number of thiophene rings is 1. The van der Waals surface area contributed by atoms with E-state index in [-0.39, 0.29) is 12.5 Å². The fourth-order valence-electron chi connectivity index (χ4n) is 2.16. The number of amides is 1. The Labute approximate surface area is 126 Å². The molecule has 0 bridgehead atoms. The van der Waals surface area contributed by atoms with Crippen molar-refractivity contribution in [2.45, 2.75) is 6.54 Å². The predicted molar refractivity (Wildman–Crippen MR) is 83.1 cm³/mol. The molecule has 0 saturated heterocycles. The van der Waals surface area contributed by atoms with Crippen LogP contribution >= 0.6 is 11.3 Å².